The van der Waals surface area contributed by atoms with Crippen LogP contribution in [0.2, 0.25) is 0 Å². The minimum Gasteiger partial charge on any atom is -0.0883 e. The first-order chi connectivity index (χ1) is 5.72. The van der Waals surface area contributed by atoms with E-state index in [1.807, 2.05) is 0 Å². The Kier molecular flexibility index (Phi) is 8.47. The molecule has 0 amide bonds. The van der Waals surface area contributed by atoms with Gasteiger partial charge >= 0.3 is 0 Å². The van der Waals surface area contributed by atoms with Crippen molar-refractivity contribution >= 4 is 27.5 Å². The van der Waals surface area contributed by atoms with E-state index in [1.54, 1.807) is 0 Å². The Balaban J connectivity index is 3.72. The van der Waals surface area contributed by atoms with Crippen LogP contribution in [0.25, 0.3) is 0 Å². The molecule has 12 heavy (non-hydrogen) atoms. The molecule has 0 aliphatic carbocycles. The van der Waals surface area contributed by atoms with Crippen molar-refractivity contribution in [3.05, 3.63) is 9.51 Å². The summed E-state index contributed by atoms with van der Waals surface area (Å²) in [6.45, 7) is 4.38. The zero-order chi connectivity index (χ0) is 9.40. The van der Waals surface area contributed by atoms with Crippen molar-refractivity contribution in [3.63, 3.8) is 0 Å². The first-order valence-electron chi connectivity index (χ1n) is 4.75. The molecule has 0 aromatic carbocycles. The van der Waals surface area contributed by atoms with Crippen LogP contribution in [0, 0.1) is 0 Å². The fourth-order valence-electron chi connectivity index (χ4n) is 0.935. The second-order valence-electron chi connectivity index (χ2n) is 3.02. The van der Waals surface area contributed by atoms with Gasteiger partial charge in [-0.3, -0.25) is 0 Å². The van der Waals surface area contributed by atoms with E-state index in [0.29, 0.717) is 0 Å². The molecule has 0 saturated heterocycles. The smallest absolute Gasteiger partial charge is 0.0282 e. The van der Waals surface area contributed by atoms with Crippen molar-refractivity contribution in [2.24, 2.45) is 0 Å². The molecular formula is C10H18BrCl. The molecule has 0 spiro atoms. The molecule has 0 aliphatic heterocycles. The largest absolute Gasteiger partial charge is 0.0883 e. The molecule has 0 N–H and O–H groups in total. The Morgan fingerprint density at radius 2 is 1.58 bits per heavy atom. The third-order valence-corrected chi connectivity index (χ3v) is 3.31. The van der Waals surface area contributed by atoms with Gasteiger partial charge in [-0.15, -0.1) is 0 Å². The van der Waals surface area contributed by atoms with Gasteiger partial charge in [-0.25, -0.2) is 0 Å². The lowest BCUT2D eigenvalue weighted by molar-refractivity contribution is 0.783. The lowest BCUT2D eigenvalue weighted by atomic mass is 10.2. The van der Waals surface area contributed by atoms with Crippen LogP contribution in [-0.4, -0.2) is 0 Å². The Labute approximate surface area is 89.5 Å². The number of hydrogen-bond donors (Lipinski definition) is 0. The number of allylic oxidation sites excluding steroid dienone is 2. The van der Waals surface area contributed by atoms with E-state index >= 15 is 0 Å². The van der Waals surface area contributed by atoms with Crippen molar-refractivity contribution in [1.82, 2.24) is 0 Å². The van der Waals surface area contributed by atoms with E-state index in [2.05, 4.69) is 29.8 Å². The highest BCUT2D eigenvalue weighted by atomic mass is 79.9. The van der Waals surface area contributed by atoms with Crippen LogP contribution < -0.4 is 0 Å². The normalized spacial score (nSPS) is 13.0. The molecule has 0 nitrogen and oxygen atoms in total. The minimum atomic E-state index is 1.02. The molecule has 0 radical (unpaired) electrons. The summed E-state index contributed by atoms with van der Waals surface area (Å²) in [5.41, 5.74) is 0. The van der Waals surface area contributed by atoms with Gasteiger partial charge in [0.1, 0.15) is 0 Å². The van der Waals surface area contributed by atoms with Gasteiger partial charge < -0.3 is 0 Å². The summed E-state index contributed by atoms with van der Waals surface area (Å²) in [6, 6.07) is 0. The highest BCUT2D eigenvalue weighted by Crippen LogP contribution is 2.25. The number of unbranched alkanes of at least 4 members (excludes halogenated alkanes) is 2. The number of rotatable bonds is 6. The molecule has 0 atom stereocenters. The summed E-state index contributed by atoms with van der Waals surface area (Å²) >= 11 is 9.60. The standard InChI is InChI=1S/C10H18BrCl/c1-3-5-7-9(11)10(12)8-6-4-2/h3-8H2,1-2H3/b10-9+. The Morgan fingerprint density at radius 1 is 1.08 bits per heavy atom. The zero-order valence-electron chi connectivity index (χ0n) is 8.00. The van der Waals surface area contributed by atoms with Gasteiger partial charge in [0.05, 0.1) is 0 Å². The highest BCUT2D eigenvalue weighted by molar-refractivity contribution is 9.11. The van der Waals surface area contributed by atoms with E-state index in [1.165, 1.54) is 30.2 Å². The van der Waals surface area contributed by atoms with E-state index in [9.17, 15) is 0 Å². The van der Waals surface area contributed by atoms with Gasteiger partial charge in [-0.05, 0) is 25.7 Å². The Bertz CT molecular complexity index is 125. The van der Waals surface area contributed by atoms with E-state index < -0.39 is 0 Å². The fourth-order valence-corrected chi connectivity index (χ4v) is 1.64. The summed E-state index contributed by atoms with van der Waals surface area (Å²) in [5, 5.41) is 1.02. The predicted molar refractivity (Wildman–Crippen MR) is 60.9 cm³/mol. The average molecular weight is 254 g/mol. The molecule has 0 aromatic rings. The number of hydrogen-bond acceptors (Lipinski definition) is 0. The zero-order valence-corrected chi connectivity index (χ0v) is 10.3. The SMILES string of the molecule is CCCC/C(Cl)=C(\Br)CCCC. The molecule has 0 aliphatic rings. The molecule has 0 rings (SSSR count). The number of halogens is 2. The molecular weight excluding hydrogens is 235 g/mol. The van der Waals surface area contributed by atoms with Gasteiger partial charge in [0, 0.05) is 9.51 Å². The highest BCUT2D eigenvalue weighted by Gasteiger charge is 1.99. The molecule has 0 bridgehead atoms. The van der Waals surface area contributed by atoms with Crippen molar-refractivity contribution in [2.45, 2.75) is 52.4 Å². The van der Waals surface area contributed by atoms with Crippen LogP contribution in [0.1, 0.15) is 52.4 Å². The molecule has 0 fully saturated rings. The quantitative estimate of drug-likeness (QED) is 0.609. The van der Waals surface area contributed by atoms with Crippen molar-refractivity contribution in [3.8, 4) is 0 Å². The molecule has 0 heterocycles. The molecule has 2 heteroatoms. The maximum absolute atomic E-state index is 6.08. The predicted octanol–water partition coefficient (Wildman–Crippen LogP) is 5.21. The van der Waals surface area contributed by atoms with Gasteiger partial charge in [0.15, 0.2) is 0 Å². The summed E-state index contributed by atoms with van der Waals surface area (Å²) < 4.78 is 1.21. The summed E-state index contributed by atoms with van der Waals surface area (Å²) in [4.78, 5) is 0. The van der Waals surface area contributed by atoms with Crippen molar-refractivity contribution in [2.75, 3.05) is 0 Å². The first kappa shape index (κ1) is 12.5. The third kappa shape index (κ3) is 6.07. The summed E-state index contributed by atoms with van der Waals surface area (Å²) in [6.07, 6.45) is 6.99. The maximum Gasteiger partial charge on any atom is 0.0282 e. The minimum absolute atomic E-state index is 1.02. The van der Waals surface area contributed by atoms with Crippen molar-refractivity contribution in [1.29, 1.82) is 0 Å². The second kappa shape index (κ2) is 8.12. The van der Waals surface area contributed by atoms with Crippen LogP contribution in [0.15, 0.2) is 9.51 Å². The maximum atomic E-state index is 6.08. The van der Waals surface area contributed by atoms with Crippen LogP contribution in [-0.2, 0) is 0 Å². The van der Waals surface area contributed by atoms with Gasteiger partial charge in [0.2, 0.25) is 0 Å². The van der Waals surface area contributed by atoms with E-state index in [-0.39, 0.29) is 0 Å². The van der Waals surface area contributed by atoms with Crippen LogP contribution >= 0.6 is 27.5 Å². The Morgan fingerprint density at radius 3 is 2.08 bits per heavy atom. The lowest BCUT2D eigenvalue weighted by Crippen LogP contribution is -1.81. The van der Waals surface area contributed by atoms with Crippen molar-refractivity contribution < 1.29 is 0 Å². The van der Waals surface area contributed by atoms with E-state index in [0.717, 1.165) is 17.9 Å². The summed E-state index contributed by atoms with van der Waals surface area (Å²) in [7, 11) is 0. The Hall–Kier alpha value is 0.510. The monoisotopic (exact) mass is 252 g/mol. The third-order valence-electron chi connectivity index (χ3n) is 1.79. The first-order valence-corrected chi connectivity index (χ1v) is 5.92. The second-order valence-corrected chi connectivity index (χ2v) is 4.43. The van der Waals surface area contributed by atoms with Crippen LogP contribution in [0.3, 0.4) is 0 Å². The molecule has 0 saturated carbocycles. The summed E-state index contributed by atoms with van der Waals surface area (Å²) in [5.74, 6) is 0. The molecule has 0 aromatic heterocycles. The van der Waals surface area contributed by atoms with E-state index in [4.69, 9.17) is 11.6 Å². The topological polar surface area (TPSA) is 0 Å². The average Bonchev–Trinajstić information content (AvgIpc) is 2.10. The van der Waals surface area contributed by atoms with Gasteiger partial charge in [-0.2, -0.15) is 0 Å². The van der Waals surface area contributed by atoms with Gasteiger partial charge in [0.25, 0.3) is 0 Å². The van der Waals surface area contributed by atoms with Crippen LogP contribution in [0.5, 0.6) is 0 Å². The lowest BCUT2D eigenvalue weighted by Gasteiger charge is -2.02. The molecule has 0 unspecified atom stereocenters. The van der Waals surface area contributed by atoms with Gasteiger partial charge in [-0.1, -0.05) is 54.2 Å². The fraction of sp³-hybridized carbons (Fsp3) is 0.800. The van der Waals surface area contributed by atoms with Crippen LogP contribution in [0.4, 0.5) is 0 Å². The molecule has 72 valence electrons.